The lowest BCUT2D eigenvalue weighted by Crippen LogP contribution is -2.36. The van der Waals surface area contributed by atoms with E-state index >= 15 is 0 Å². The quantitative estimate of drug-likeness (QED) is 0.751. The van der Waals surface area contributed by atoms with Crippen LogP contribution in [0.1, 0.15) is 20.3 Å². The highest BCUT2D eigenvalue weighted by Gasteiger charge is 2.37. The maximum atomic E-state index is 11.8. The summed E-state index contributed by atoms with van der Waals surface area (Å²) in [7, 11) is -3.25. The molecule has 0 aromatic rings. The number of nitrogens with zero attached hydrogens (tertiary/aromatic N) is 1. The van der Waals surface area contributed by atoms with Crippen LogP contribution in [0.15, 0.2) is 0 Å². The van der Waals surface area contributed by atoms with E-state index in [2.05, 4.69) is 0 Å². The molecule has 0 aliphatic carbocycles. The Hall–Kier alpha value is 0.160. The van der Waals surface area contributed by atoms with Crippen LogP contribution >= 0.6 is 11.6 Å². The first-order chi connectivity index (χ1) is 6.77. The van der Waals surface area contributed by atoms with Crippen LogP contribution < -0.4 is 0 Å². The van der Waals surface area contributed by atoms with Crippen LogP contribution in [0.2, 0.25) is 0 Å². The van der Waals surface area contributed by atoms with Gasteiger partial charge in [0, 0.05) is 19.0 Å². The zero-order chi connectivity index (χ0) is 11.7. The van der Waals surface area contributed by atoms with E-state index in [9.17, 15) is 13.5 Å². The molecule has 2 atom stereocenters. The lowest BCUT2D eigenvalue weighted by atomic mass is 10.1. The van der Waals surface area contributed by atoms with Crippen molar-refractivity contribution in [1.29, 1.82) is 0 Å². The van der Waals surface area contributed by atoms with Gasteiger partial charge in [-0.05, 0) is 19.3 Å². The molecular formula is C9H18ClNO3S. The molecule has 1 rings (SSSR count). The number of halogens is 1. The fraction of sp³-hybridized carbons (Fsp3) is 1.00. The van der Waals surface area contributed by atoms with E-state index in [-0.39, 0.29) is 18.2 Å². The van der Waals surface area contributed by atoms with Gasteiger partial charge < -0.3 is 5.11 Å². The Labute approximate surface area is 96.3 Å². The zero-order valence-corrected chi connectivity index (χ0v) is 10.7. The highest BCUT2D eigenvalue weighted by molar-refractivity contribution is 7.89. The van der Waals surface area contributed by atoms with E-state index in [0.717, 1.165) is 0 Å². The van der Waals surface area contributed by atoms with E-state index in [1.807, 2.05) is 0 Å². The second-order valence-electron chi connectivity index (χ2n) is 4.62. The number of sulfonamides is 1. The molecule has 1 heterocycles. The van der Waals surface area contributed by atoms with Crippen LogP contribution in [0.3, 0.4) is 0 Å². The minimum Gasteiger partial charge on any atom is -0.389 e. The lowest BCUT2D eigenvalue weighted by Gasteiger charge is -2.20. The van der Waals surface area contributed by atoms with Crippen LogP contribution in [-0.4, -0.2) is 48.2 Å². The van der Waals surface area contributed by atoms with E-state index in [4.69, 9.17) is 11.6 Å². The van der Waals surface area contributed by atoms with Crippen molar-refractivity contribution in [3.05, 3.63) is 0 Å². The maximum absolute atomic E-state index is 11.8. The van der Waals surface area contributed by atoms with E-state index < -0.39 is 15.6 Å². The van der Waals surface area contributed by atoms with Crippen molar-refractivity contribution in [2.45, 2.75) is 25.9 Å². The fourth-order valence-corrected chi connectivity index (χ4v) is 3.78. The van der Waals surface area contributed by atoms with E-state index in [0.29, 0.717) is 18.8 Å². The van der Waals surface area contributed by atoms with E-state index in [1.54, 1.807) is 13.8 Å². The Morgan fingerprint density at radius 3 is 2.60 bits per heavy atom. The van der Waals surface area contributed by atoms with Crippen molar-refractivity contribution in [2.75, 3.05) is 24.7 Å². The summed E-state index contributed by atoms with van der Waals surface area (Å²) in [5.74, 6) is 0.345. The largest absolute Gasteiger partial charge is 0.389 e. The SMILES string of the molecule is CC(CCl)CS(=O)(=O)N1CCC(C)(O)C1. The standard InChI is InChI=1S/C9H18ClNO3S/c1-8(5-10)6-15(13,14)11-4-3-9(2,12)7-11/h8,12H,3-7H2,1-2H3. The topological polar surface area (TPSA) is 57.6 Å². The molecule has 4 nitrogen and oxygen atoms in total. The third-order valence-electron chi connectivity index (χ3n) is 2.57. The molecule has 0 amide bonds. The first-order valence-electron chi connectivity index (χ1n) is 5.03. The maximum Gasteiger partial charge on any atom is 0.214 e. The summed E-state index contributed by atoms with van der Waals surface area (Å²) in [4.78, 5) is 0. The number of rotatable bonds is 4. The number of hydrogen-bond acceptors (Lipinski definition) is 3. The van der Waals surface area contributed by atoms with Crippen LogP contribution in [-0.2, 0) is 10.0 Å². The number of aliphatic hydroxyl groups is 1. The normalized spacial score (nSPS) is 30.7. The Bertz CT molecular complexity index is 315. The third-order valence-corrected chi connectivity index (χ3v) is 5.18. The Morgan fingerprint density at radius 2 is 2.20 bits per heavy atom. The Kier molecular flexibility index (Phi) is 4.03. The summed E-state index contributed by atoms with van der Waals surface area (Å²) >= 11 is 5.59. The van der Waals surface area contributed by atoms with Crippen molar-refractivity contribution >= 4 is 21.6 Å². The molecule has 1 fully saturated rings. The van der Waals surface area contributed by atoms with Gasteiger partial charge in [0.2, 0.25) is 10.0 Å². The van der Waals surface area contributed by atoms with Crippen LogP contribution in [0, 0.1) is 5.92 Å². The minimum absolute atomic E-state index is 0.0535. The molecule has 0 radical (unpaired) electrons. The van der Waals surface area contributed by atoms with Gasteiger partial charge in [0.1, 0.15) is 0 Å². The molecule has 1 aliphatic rings. The van der Waals surface area contributed by atoms with Gasteiger partial charge in [0.15, 0.2) is 0 Å². The van der Waals surface area contributed by atoms with Gasteiger partial charge in [-0.2, -0.15) is 4.31 Å². The summed E-state index contributed by atoms with van der Waals surface area (Å²) in [6, 6.07) is 0. The van der Waals surface area contributed by atoms with Gasteiger partial charge in [-0.25, -0.2) is 8.42 Å². The van der Waals surface area contributed by atoms with Crippen LogP contribution in [0.5, 0.6) is 0 Å². The number of β-amino-alcohol motifs (C(OH)–C–C–N with tert-alkyl or cyclic N) is 1. The van der Waals surface area contributed by atoms with Crippen molar-refractivity contribution in [1.82, 2.24) is 4.31 Å². The fourth-order valence-electron chi connectivity index (χ4n) is 1.65. The van der Waals surface area contributed by atoms with Gasteiger partial charge in [0.05, 0.1) is 11.4 Å². The van der Waals surface area contributed by atoms with Crippen molar-refractivity contribution in [2.24, 2.45) is 5.92 Å². The molecule has 0 bridgehead atoms. The summed E-state index contributed by atoms with van der Waals surface area (Å²) in [6.45, 7) is 4.07. The van der Waals surface area contributed by atoms with Crippen molar-refractivity contribution < 1.29 is 13.5 Å². The molecule has 0 aromatic heterocycles. The number of alkyl halides is 1. The smallest absolute Gasteiger partial charge is 0.214 e. The second kappa shape index (κ2) is 4.57. The predicted octanol–water partition coefficient (Wildman–Crippen LogP) is 0.648. The lowest BCUT2D eigenvalue weighted by molar-refractivity contribution is 0.0762. The second-order valence-corrected chi connectivity index (χ2v) is 6.94. The molecule has 0 spiro atoms. The average molecular weight is 256 g/mol. The monoisotopic (exact) mass is 255 g/mol. The van der Waals surface area contributed by atoms with Crippen LogP contribution in [0.25, 0.3) is 0 Å². The van der Waals surface area contributed by atoms with Gasteiger partial charge >= 0.3 is 0 Å². The molecule has 2 unspecified atom stereocenters. The molecule has 0 aromatic carbocycles. The molecular weight excluding hydrogens is 238 g/mol. The van der Waals surface area contributed by atoms with Crippen molar-refractivity contribution in [3.63, 3.8) is 0 Å². The Morgan fingerprint density at radius 1 is 1.60 bits per heavy atom. The first kappa shape index (κ1) is 13.2. The van der Waals surface area contributed by atoms with Gasteiger partial charge in [-0.15, -0.1) is 11.6 Å². The molecule has 0 saturated carbocycles. The average Bonchev–Trinajstić information content (AvgIpc) is 2.45. The summed E-state index contributed by atoms with van der Waals surface area (Å²) in [5.41, 5.74) is -0.878. The van der Waals surface area contributed by atoms with Gasteiger partial charge in [-0.3, -0.25) is 0 Å². The van der Waals surface area contributed by atoms with Gasteiger partial charge in [-0.1, -0.05) is 6.92 Å². The molecule has 15 heavy (non-hydrogen) atoms. The highest BCUT2D eigenvalue weighted by atomic mass is 35.5. The first-order valence-corrected chi connectivity index (χ1v) is 7.17. The summed E-state index contributed by atoms with van der Waals surface area (Å²) in [5, 5.41) is 9.69. The van der Waals surface area contributed by atoms with Crippen molar-refractivity contribution in [3.8, 4) is 0 Å². The summed E-state index contributed by atoms with van der Waals surface area (Å²) < 4.78 is 25.0. The molecule has 1 aliphatic heterocycles. The third kappa shape index (κ3) is 3.59. The van der Waals surface area contributed by atoms with Crippen LogP contribution in [0.4, 0.5) is 0 Å². The zero-order valence-electron chi connectivity index (χ0n) is 9.11. The summed E-state index contributed by atoms with van der Waals surface area (Å²) in [6.07, 6.45) is 0.501. The number of hydrogen-bond donors (Lipinski definition) is 1. The Balaban J connectivity index is 2.64. The minimum atomic E-state index is -3.25. The molecule has 6 heteroatoms. The van der Waals surface area contributed by atoms with Gasteiger partial charge in [0.25, 0.3) is 0 Å². The van der Waals surface area contributed by atoms with E-state index in [1.165, 1.54) is 4.31 Å². The molecule has 1 N–H and O–H groups in total. The predicted molar refractivity (Wildman–Crippen MR) is 60.5 cm³/mol. The molecule has 90 valence electrons. The highest BCUT2D eigenvalue weighted by Crippen LogP contribution is 2.23. The molecule has 1 saturated heterocycles.